The minimum absolute atomic E-state index is 0.121. The van der Waals surface area contributed by atoms with E-state index in [0.717, 1.165) is 24.4 Å². The lowest BCUT2D eigenvalue weighted by molar-refractivity contribution is -0.131. The summed E-state index contributed by atoms with van der Waals surface area (Å²) < 4.78 is 56.0. The maximum atomic E-state index is 13.7. The van der Waals surface area contributed by atoms with E-state index < -0.39 is 41.3 Å². The zero-order valence-corrected chi connectivity index (χ0v) is 14.3. The van der Waals surface area contributed by atoms with Crippen LogP contribution in [0.4, 0.5) is 22.4 Å². The maximum Gasteiger partial charge on any atom is 0.387 e. The van der Waals surface area contributed by atoms with Crippen LogP contribution < -0.4 is 10.1 Å². The van der Waals surface area contributed by atoms with E-state index in [1.165, 1.54) is 31.2 Å². The third kappa shape index (κ3) is 3.53. The largest absolute Gasteiger partial charge is 0.435 e. The third-order valence-corrected chi connectivity index (χ3v) is 4.13. The van der Waals surface area contributed by atoms with Gasteiger partial charge in [-0.1, -0.05) is 18.2 Å². The number of rotatable bonds is 5. The second kappa shape index (κ2) is 7.29. The molecule has 1 aliphatic rings. The Morgan fingerprint density at radius 3 is 2.29 bits per heavy atom. The van der Waals surface area contributed by atoms with Crippen molar-refractivity contribution in [1.29, 1.82) is 0 Å². The molecule has 146 valence electrons. The van der Waals surface area contributed by atoms with Gasteiger partial charge in [0.15, 0.2) is 0 Å². The molecule has 1 saturated heterocycles. The van der Waals surface area contributed by atoms with Crippen LogP contribution >= 0.6 is 0 Å². The van der Waals surface area contributed by atoms with Crippen LogP contribution in [-0.4, -0.2) is 29.8 Å². The normalized spacial score (nSPS) is 19.6. The predicted octanol–water partition coefficient (Wildman–Crippen LogP) is 3.37. The van der Waals surface area contributed by atoms with Gasteiger partial charge in [-0.15, -0.1) is 5.01 Å². The molecule has 0 bridgehead atoms. The summed E-state index contributed by atoms with van der Waals surface area (Å²) in [6.07, 6.45) is 0.730. The van der Waals surface area contributed by atoms with Gasteiger partial charge < -0.3 is 10.1 Å². The Kier molecular flexibility index (Phi) is 5.04. The fraction of sp³-hybridized carbons (Fsp3) is 0.167. The van der Waals surface area contributed by atoms with Gasteiger partial charge in [-0.3, -0.25) is 4.79 Å². The van der Waals surface area contributed by atoms with Crippen molar-refractivity contribution in [3.8, 4) is 5.75 Å². The molecule has 0 radical (unpaired) electrons. The summed E-state index contributed by atoms with van der Waals surface area (Å²) in [4.78, 5) is 24.8. The van der Waals surface area contributed by atoms with Gasteiger partial charge in [0.2, 0.25) is 0 Å². The fourth-order valence-electron chi connectivity index (χ4n) is 2.64. The van der Waals surface area contributed by atoms with Gasteiger partial charge in [-0.05, 0) is 36.8 Å². The number of hydrogen-bond donors (Lipinski definition) is 1. The van der Waals surface area contributed by atoms with E-state index in [0.29, 0.717) is 5.01 Å². The number of hydrogen-bond acceptors (Lipinski definition) is 4. The second-order valence-electron chi connectivity index (χ2n) is 5.95. The fourth-order valence-corrected chi connectivity index (χ4v) is 2.64. The van der Waals surface area contributed by atoms with E-state index in [9.17, 15) is 27.2 Å². The van der Waals surface area contributed by atoms with Gasteiger partial charge in [-0.25, -0.2) is 13.6 Å². The molecule has 0 aromatic heterocycles. The highest BCUT2D eigenvalue weighted by Crippen LogP contribution is 2.30. The Morgan fingerprint density at radius 2 is 1.71 bits per heavy atom. The summed E-state index contributed by atoms with van der Waals surface area (Å²) in [6.45, 7) is -1.62. The second-order valence-corrected chi connectivity index (χ2v) is 5.95. The molecule has 0 aliphatic carbocycles. The minimum atomic E-state index is -3.00. The van der Waals surface area contributed by atoms with Crippen molar-refractivity contribution < 1.29 is 31.9 Å². The van der Waals surface area contributed by atoms with Crippen LogP contribution in [0.25, 0.3) is 0 Å². The molecule has 3 amide bonds. The molecule has 1 fully saturated rings. The first-order valence-corrected chi connectivity index (χ1v) is 7.92. The van der Waals surface area contributed by atoms with Crippen molar-refractivity contribution in [2.45, 2.75) is 19.1 Å². The molecule has 28 heavy (non-hydrogen) atoms. The first kappa shape index (κ1) is 19.3. The summed E-state index contributed by atoms with van der Waals surface area (Å²) >= 11 is 0. The quantitative estimate of drug-likeness (QED) is 0.480. The van der Waals surface area contributed by atoms with Gasteiger partial charge in [-0.2, -0.15) is 13.9 Å². The van der Waals surface area contributed by atoms with Gasteiger partial charge in [0.05, 0.1) is 11.8 Å². The minimum Gasteiger partial charge on any atom is -0.435 e. The zero-order chi connectivity index (χ0) is 20.5. The van der Waals surface area contributed by atoms with Crippen molar-refractivity contribution in [2.24, 2.45) is 5.10 Å². The Labute approximate surface area is 156 Å². The molecule has 6 nitrogen and oxygen atoms in total. The number of ether oxygens (including phenoxy) is 1. The number of urea groups is 1. The van der Waals surface area contributed by atoms with Crippen molar-refractivity contribution in [1.82, 2.24) is 10.3 Å². The lowest BCUT2D eigenvalue weighted by atomic mass is 9.92. The Bertz CT molecular complexity index is 929. The first-order valence-electron chi connectivity index (χ1n) is 7.92. The van der Waals surface area contributed by atoms with Crippen LogP contribution in [0.5, 0.6) is 5.75 Å². The number of alkyl halides is 2. The molecular weight excluding hydrogens is 382 g/mol. The predicted molar refractivity (Wildman–Crippen MR) is 89.8 cm³/mol. The lowest BCUT2D eigenvalue weighted by Crippen LogP contribution is -2.40. The van der Waals surface area contributed by atoms with Crippen LogP contribution in [0.2, 0.25) is 0 Å². The highest BCUT2D eigenvalue weighted by atomic mass is 19.3. The number of halogens is 4. The molecule has 1 heterocycles. The lowest BCUT2D eigenvalue weighted by Gasteiger charge is -2.21. The van der Waals surface area contributed by atoms with Crippen LogP contribution in [0.1, 0.15) is 18.1 Å². The number of benzene rings is 2. The molecule has 3 rings (SSSR count). The van der Waals surface area contributed by atoms with Gasteiger partial charge >= 0.3 is 12.6 Å². The number of carbonyl (C=O) groups excluding carboxylic acids is 2. The Morgan fingerprint density at radius 1 is 1.11 bits per heavy atom. The highest BCUT2D eigenvalue weighted by Gasteiger charge is 2.49. The molecular formula is C18H13F4N3O3. The number of hydrazone groups is 1. The molecule has 0 saturated carbocycles. The number of amides is 3. The summed E-state index contributed by atoms with van der Waals surface area (Å²) in [5.74, 6) is -2.75. The number of nitrogens with zero attached hydrogens (tertiary/aromatic N) is 2. The Balaban J connectivity index is 1.85. The molecule has 1 aliphatic heterocycles. The van der Waals surface area contributed by atoms with Crippen molar-refractivity contribution >= 4 is 18.2 Å². The standard InChI is InChI=1S/C18H13F4N3O3/c1-18(10-5-7-11(8-6-10)28-16(21)22)15(26)25(17(27)24-18)23-9-12-13(19)3-2-4-14(12)20/h2-9,16H,1H3,(H,24,27)/b23-9-/t18-/m0/s1. The molecule has 2 aromatic rings. The molecule has 0 spiro atoms. The van der Waals surface area contributed by atoms with E-state index in [1.807, 2.05) is 0 Å². The van der Waals surface area contributed by atoms with Gasteiger partial charge in [0, 0.05) is 0 Å². The summed E-state index contributed by atoms with van der Waals surface area (Å²) in [5.41, 5.74) is -1.78. The van der Waals surface area contributed by atoms with E-state index in [2.05, 4.69) is 15.2 Å². The summed E-state index contributed by atoms with van der Waals surface area (Å²) in [6, 6.07) is 7.36. The van der Waals surface area contributed by atoms with Crippen LogP contribution in [0.15, 0.2) is 47.6 Å². The number of nitrogens with one attached hydrogen (secondary N) is 1. The average Bonchev–Trinajstić information content (AvgIpc) is 2.85. The zero-order valence-electron chi connectivity index (χ0n) is 14.3. The van der Waals surface area contributed by atoms with Crippen LogP contribution in [0, 0.1) is 11.6 Å². The molecule has 1 atom stereocenters. The SMILES string of the molecule is C[C@@]1(c2ccc(OC(F)F)cc2)NC(=O)N(/N=C\c2c(F)cccc2F)C1=O. The average molecular weight is 395 g/mol. The van der Waals surface area contributed by atoms with Crippen molar-refractivity contribution in [3.05, 3.63) is 65.2 Å². The molecule has 1 N–H and O–H groups in total. The van der Waals surface area contributed by atoms with E-state index in [4.69, 9.17) is 0 Å². The van der Waals surface area contributed by atoms with E-state index in [-0.39, 0.29) is 11.3 Å². The molecule has 0 unspecified atom stereocenters. The monoisotopic (exact) mass is 395 g/mol. The summed E-state index contributed by atoms with van der Waals surface area (Å²) in [5, 5.41) is 6.46. The maximum absolute atomic E-state index is 13.7. The topological polar surface area (TPSA) is 71.0 Å². The number of carbonyl (C=O) groups is 2. The van der Waals surface area contributed by atoms with Crippen LogP contribution in [0.3, 0.4) is 0 Å². The van der Waals surface area contributed by atoms with Crippen molar-refractivity contribution in [3.63, 3.8) is 0 Å². The first-order chi connectivity index (χ1) is 13.2. The highest BCUT2D eigenvalue weighted by molar-refractivity contribution is 6.07. The smallest absolute Gasteiger partial charge is 0.387 e. The van der Waals surface area contributed by atoms with E-state index >= 15 is 0 Å². The van der Waals surface area contributed by atoms with Crippen LogP contribution in [-0.2, 0) is 10.3 Å². The molecule has 2 aromatic carbocycles. The van der Waals surface area contributed by atoms with Gasteiger partial charge in [0.25, 0.3) is 5.91 Å². The van der Waals surface area contributed by atoms with E-state index in [1.54, 1.807) is 0 Å². The Hall–Kier alpha value is -3.43. The third-order valence-electron chi connectivity index (χ3n) is 4.13. The van der Waals surface area contributed by atoms with Crippen molar-refractivity contribution in [2.75, 3.05) is 0 Å². The summed E-state index contributed by atoms with van der Waals surface area (Å²) in [7, 11) is 0. The molecule has 10 heteroatoms. The van der Waals surface area contributed by atoms with Gasteiger partial charge in [0.1, 0.15) is 22.9 Å². The number of imide groups is 1.